The van der Waals surface area contributed by atoms with Crippen LogP contribution in [0.15, 0.2) is 46.9 Å². The number of benzene rings is 2. The van der Waals surface area contributed by atoms with Gasteiger partial charge in [0.25, 0.3) is 0 Å². The zero-order chi connectivity index (χ0) is 14.2. The minimum Gasteiger partial charge on any atom is -0.315 e. The van der Waals surface area contributed by atoms with Crippen LogP contribution in [0.4, 0.5) is 0 Å². The lowest BCUT2D eigenvalue weighted by Crippen LogP contribution is -2.58. The molecule has 1 aliphatic rings. The summed E-state index contributed by atoms with van der Waals surface area (Å²) in [6, 6.07) is 15.7. The standard InChI is InChI=1S/C18H20BrN/c1-13-7-14(2)9-15(8-13)10-18(11-20-12-18)16-3-5-17(19)6-4-16/h3-9,20H,10-12H2,1-2H3. The molecule has 1 heterocycles. The Balaban J connectivity index is 1.91. The van der Waals surface area contributed by atoms with E-state index in [1.54, 1.807) is 0 Å². The van der Waals surface area contributed by atoms with Crippen molar-refractivity contribution >= 4 is 15.9 Å². The minimum atomic E-state index is 0.265. The van der Waals surface area contributed by atoms with E-state index in [1.165, 1.54) is 22.3 Å². The molecule has 104 valence electrons. The van der Waals surface area contributed by atoms with Crippen molar-refractivity contribution in [1.29, 1.82) is 0 Å². The molecule has 2 aromatic carbocycles. The normalized spacial score (nSPS) is 16.8. The van der Waals surface area contributed by atoms with Gasteiger partial charge in [-0.2, -0.15) is 0 Å². The largest absolute Gasteiger partial charge is 0.315 e. The van der Waals surface area contributed by atoms with Crippen molar-refractivity contribution in [3.05, 3.63) is 69.2 Å². The lowest BCUT2D eigenvalue weighted by Gasteiger charge is -2.43. The van der Waals surface area contributed by atoms with Crippen molar-refractivity contribution < 1.29 is 0 Å². The first kappa shape index (κ1) is 13.8. The highest BCUT2D eigenvalue weighted by atomic mass is 79.9. The Bertz CT molecular complexity index is 592. The summed E-state index contributed by atoms with van der Waals surface area (Å²) in [5.41, 5.74) is 5.88. The summed E-state index contributed by atoms with van der Waals surface area (Å²) in [5, 5.41) is 3.45. The number of aryl methyl sites for hydroxylation is 2. The molecular weight excluding hydrogens is 310 g/mol. The van der Waals surface area contributed by atoms with Gasteiger partial charge in [0.2, 0.25) is 0 Å². The Morgan fingerprint density at radius 3 is 2.10 bits per heavy atom. The monoisotopic (exact) mass is 329 g/mol. The van der Waals surface area contributed by atoms with E-state index in [9.17, 15) is 0 Å². The Labute approximate surface area is 129 Å². The van der Waals surface area contributed by atoms with Gasteiger partial charge in [-0.05, 0) is 43.5 Å². The second kappa shape index (κ2) is 5.34. The molecule has 0 amide bonds. The van der Waals surface area contributed by atoms with Crippen LogP contribution in [0.2, 0.25) is 0 Å². The van der Waals surface area contributed by atoms with Crippen molar-refractivity contribution in [2.24, 2.45) is 0 Å². The summed E-state index contributed by atoms with van der Waals surface area (Å²) in [6.45, 7) is 6.51. The van der Waals surface area contributed by atoms with E-state index in [1.807, 2.05) is 0 Å². The molecule has 1 fully saturated rings. The third-order valence-electron chi connectivity index (χ3n) is 4.21. The first-order valence-electron chi connectivity index (χ1n) is 7.11. The third-order valence-corrected chi connectivity index (χ3v) is 4.74. The Kier molecular flexibility index (Phi) is 3.70. The second-order valence-corrected chi connectivity index (χ2v) is 6.98. The van der Waals surface area contributed by atoms with E-state index in [0.717, 1.165) is 24.0 Å². The van der Waals surface area contributed by atoms with Gasteiger partial charge in [0.05, 0.1) is 0 Å². The average molecular weight is 330 g/mol. The lowest BCUT2D eigenvalue weighted by atomic mass is 9.71. The van der Waals surface area contributed by atoms with Crippen molar-refractivity contribution in [2.75, 3.05) is 13.1 Å². The van der Waals surface area contributed by atoms with Crippen LogP contribution in [0.5, 0.6) is 0 Å². The average Bonchev–Trinajstić information content (AvgIpc) is 2.34. The fraction of sp³-hybridized carbons (Fsp3) is 0.333. The van der Waals surface area contributed by atoms with Crippen molar-refractivity contribution in [3.8, 4) is 0 Å². The zero-order valence-electron chi connectivity index (χ0n) is 12.0. The van der Waals surface area contributed by atoms with Crippen LogP contribution in [0.3, 0.4) is 0 Å². The Morgan fingerprint density at radius 1 is 1.00 bits per heavy atom. The molecule has 0 bridgehead atoms. The molecule has 0 saturated carbocycles. The number of hydrogen-bond acceptors (Lipinski definition) is 1. The fourth-order valence-corrected chi connectivity index (χ4v) is 3.49. The molecule has 0 aliphatic carbocycles. The van der Waals surface area contributed by atoms with Crippen LogP contribution in [-0.4, -0.2) is 13.1 Å². The van der Waals surface area contributed by atoms with E-state index in [2.05, 4.69) is 77.6 Å². The van der Waals surface area contributed by atoms with Crippen LogP contribution < -0.4 is 5.32 Å². The summed E-state index contributed by atoms with van der Waals surface area (Å²) in [7, 11) is 0. The molecule has 1 saturated heterocycles. The topological polar surface area (TPSA) is 12.0 Å². The third kappa shape index (κ3) is 2.68. The Hall–Kier alpha value is -1.12. The van der Waals surface area contributed by atoms with Gasteiger partial charge in [-0.1, -0.05) is 57.4 Å². The Morgan fingerprint density at radius 2 is 1.60 bits per heavy atom. The maximum absolute atomic E-state index is 3.52. The van der Waals surface area contributed by atoms with Gasteiger partial charge in [0.1, 0.15) is 0 Å². The van der Waals surface area contributed by atoms with Gasteiger partial charge in [0.15, 0.2) is 0 Å². The SMILES string of the molecule is Cc1cc(C)cc(CC2(c3ccc(Br)cc3)CNC2)c1. The van der Waals surface area contributed by atoms with E-state index in [-0.39, 0.29) is 5.41 Å². The molecule has 0 atom stereocenters. The molecule has 0 aromatic heterocycles. The maximum Gasteiger partial charge on any atom is 0.0242 e. The van der Waals surface area contributed by atoms with E-state index in [4.69, 9.17) is 0 Å². The van der Waals surface area contributed by atoms with Crippen LogP contribution in [0.25, 0.3) is 0 Å². The van der Waals surface area contributed by atoms with Gasteiger partial charge < -0.3 is 5.32 Å². The lowest BCUT2D eigenvalue weighted by molar-refractivity contribution is 0.274. The zero-order valence-corrected chi connectivity index (χ0v) is 13.6. The maximum atomic E-state index is 3.52. The van der Waals surface area contributed by atoms with Crippen LogP contribution in [0.1, 0.15) is 22.3 Å². The molecule has 2 aromatic rings. The molecule has 1 N–H and O–H groups in total. The highest BCUT2D eigenvalue weighted by molar-refractivity contribution is 9.10. The first-order chi connectivity index (χ1) is 9.57. The van der Waals surface area contributed by atoms with Crippen molar-refractivity contribution in [2.45, 2.75) is 25.7 Å². The van der Waals surface area contributed by atoms with Gasteiger partial charge in [-0.3, -0.25) is 0 Å². The molecule has 1 aliphatic heterocycles. The smallest absolute Gasteiger partial charge is 0.0242 e. The quantitative estimate of drug-likeness (QED) is 0.891. The van der Waals surface area contributed by atoms with Crippen LogP contribution in [-0.2, 0) is 11.8 Å². The fourth-order valence-electron chi connectivity index (χ4n) is 3.22. The molecule has 0 radical (unpaired) electrons. The van der Waals surface area contributed by atoms with E-state index < -0.39 is 0 Å². The molecule has 2 heteroatoms. The minimum absolute atomic E-state index is 0.265. The van der Waals surface area contributed by atoms with Crippen LogP contribution in [0, 0.1) is 13.8 Å². The molecule has 20 heavy (non-hydrogen) atoms. The van der Waals surface area contributed by atoms with Gasteiger partial charge in [-0.25, -0.2) is 0 Å². The highest BCUT2D eigenvalue weighted by Gasteiger charge is 2.38. The van der Waals surface area contributed by atoms with Gasteiger partial charge >= 0.3 is 0 Å². The molecular formula is C18H20BrN. The molecule has 1 nitrogen and oxygen atoms in total. The highest BCUT2D eigenvalue weighted by Crippen LogP contribution is 2.33. The second-order valence-electron chi connectivity index (χ2n) is 6.06. The molecule has 0 spiro atoms. The first-order valence-corrected chi connectivity index (χ1v) is 7.91. The molecule has 0 unspecified atom stereocenters. The molecule has 3 rings (SSSR count). The number of halogens is 1. The number of nitrogens with one attached hydrogen (secondary N) is 1. The predicted octanol–water partition coefficient (Wildman–Crippen LogP) is 4.15. The van der Waals surface area contributed by atoms with Gasteiger partial charge in [-0.15, -0.1) is 0 Å². The summed E-state index contributed by atoms with van der Waals surface area (Å²) < 4.78 is 1.15. The summed E-state index contributed by atoms with van der Waals surface area (Å²) in [5.74, 6) is 0. The summed E-state index contributed by atoms with van der Waals surface area (Å²) in [6.07, 6.45) is 1.12. The van der Waals surface area contributed by atoms with Crippen molar-refractivity contribution in [3.63, 3.8) is 0 Å². The number of hydrogen-bond donors (Lipinski definition) is 1. The van der Waals surface area contributed by atoms with Crippen molar-refractivity contribution in [1.82, 2.24) is 5.32 Å². The summed E-state index contributed by atoms with van der Waals surface area (Å²) >= 11 is 3.52. The van der Waals surface area contributed by atoms with E-state index >= 15 is 0 Å². The van der Waals surface area contributed by atoms with E-state index in [0.29, 0.717) is 0 Å². The predicted molar refractivity (Wildman–Crippen MR) is 88.3 cm³/mol. The van der Waals surface area contributed by atoms with Gasteiger partial charge in [0, 0.05) is 23.0 Å². The van der Waals surface area contributed by atoms with Crippen LogP contribution >= 0.6 is 15.9 Å². The number of rotatable bonds is 3. The summed E-state index contributed by atoms with van der Waals surface area (Å²) in [4.78, 5) is 0.